The molecule has 0 bridgehead atoms. The summed E-state index contributed by atoms with van der Waals surface area (Å²) in [5.41, 5.74) is 1.28. The summed E-state index contributed by atoms with van der Waals surface area (Å²) in [4.78, 5) is 0. The van der Waals surface area contributed by atoms with Gasteiger partial charge in [-0.1, -0.05) is 19.1 Å². The Bertz CT molecular complexity index is 521. The first-order valence-corrected chi connectivity index (χ1v) is 6.94. The summed E-state index contributed by atoms with van der Waals surface area (Å²) in [6.45, 7) is 3.07. The van der Waals surface area contributed by atoms with Crippen LogP contribution in [0.3, 0.4) is 0 Å². The van der Waals surface area contributed by atoms with E-state index in [4.69, 9.17) is 4.74 Å². The molecule has 0 aliphatic rings. The first-order chi connectivity index (χ1) is 9.74. The van der Waals surface area contributed by atoms with Gasteiger partial charge < -0.3 is 14.6 Å². The maximum absolute atomic E-state index is 5.19. The van der Waals surface area contributed by atoms with Crippen LogP contribution in [0.5, 0.6) is 5.75 Å². The van der Waals surface area contributed by atoms with Crippen LogP contribution in [0.25, 0.3) is 0 Å². The number of hydrogen-bond donors (Lipinski definition) is 1. The van der Waals surface area contributed by atoms with Crippen LogP contribution in [-0.4, -0.2) is 28.4 Å². The first-order valence-electron chi connectivity index (χ1n) is 6.94. The molecule has 5 heteroatoms. The molecular weight excluding hydrogens is 252 g/mol. The minimum absolute atomic E-state index is 0.356. The molecule has 108 valence electrons. The van der Waals surface area contributed by atoms with E-state index < -0.39 is 0 Å². The van der Waals surface area contributed by atoms with Crippen LogP contribution in [-0.2, 0) is 13.5 Å². The summed E-state index contributed by atoms with van der Waals surface area (Å²) in [5.74, 6) is 1.89. The number of rotatable bonds is 7. The monoisotopic (exact) mass is 274 g/mol. The summed E-state index contributed by atoms with van der Waals surface area (Å²) in [5, 5.41) is 11.5. The molecule has 1 heterocycles. The van der Waals surface area contributed by atoms with Crippen molar-refractivity contribution in [2.45, 2.75) is 25.8 Å². The minimum Gasteiger partial charge on any atom is -0.497 e. The summed E-state index contributed by atoms with van der Waals surface area (Å²) in [6, 6.07) is 8.59. The van der Waals surface area contributed by atoms with Gasteiger partial charge in [-0.05, 0) is 24.1 Å². The summed E-state index contributed by atoms with van der Waals surface area (Å²) < 4.78 is 7.14. The summed E-state index contributed by atoms with van der Waals surface area (Å²) in [6.07, 6.45) is 3.66. The fourth-order valence-corrected chi connectivity index (χ4v) is 2.23. The Morgan fingerprint density at radius 2 is 2.05 bits per heavy atom. The molecule has 0 spiro atoms. The fourth-order valence-electron chi connectivity index (χ4n) is 2.23. The Hall–Kier alpha value is -1.88. The van der Waals surface area contributed by atoms with E-state index in [9.17, 15) is 0 Å². The lowest BCUT2D eigenvalue weighted by Crippen LogP contribution is -2.24. The average Bonchev–Trinajstić information content (AvgIpc) is 2.89. The Balaban J connectivity index is 1.89. The quantitative estimate of drug-likeness (QED) is 0.840. The van der Waals surface area contributed by atoms with Crippen molar-refractivity contribution >= 4 is 0 Å². The van der Waals surface area contributed by atoms with E-state index in [0.717, 1.165) is 31.0 Å². The Labute approximate surface area is 120 Å². The van der Waals surface area contributed by atoms with Crippen molar-refractivity contribution in [3.8, 4) is 5.75 Å². The van der Waals surface area contributed by atoms with Gasteiger partial charge in [0, 0.05) is 26.1 Å². The molecule has 0 saturated carbocycles. The SMILES string of the molecule is CCC(NCCc1nncn1C)c1ccc(OC)cc1. The lowest BCUT2D eigenvalue weighted by atomic mass is 10.0. The van der Waals surface area contributed by atoms with Crippen molar-refractivity contribution in [1.29, 1.82) is 0 Å². The molecule has 1 atom stereocenters. The van der Waals surface area contributed by atoms with Gasteiger partial charge in [0.2, 0.25) is 0 Å². The van der Waals surface area contributed by atoms with Crippen LogP contribution >= 0.6 is 0 Å². The molecule has 1 unspecified atom stereocenters. The van der Waals surface area contributed by atoms with Crippen LogP contribution in [0.15, 0.2) is 30.6 Å². The molecule has 0 saturated heterocycles. The second-order valence-electron chi connectivity index (χ2n) is 4.80. The third kappa shape index (κ3) is 3.57. The molecule has 20 heavy (non-hydrogen) atoms. The Morgan fingerprint density at radius 1 is 1.30 bits per heavy atom. The van der Waals surface area contributed by atoms with Crippen LogP contribution < -0.4 is 10.1 Å². The number of nitrogens with zero attached hydrogens (tertiary/aromatic N) is 3. The number of hydrogen-bond acceptors (Lipinski definition) is 4. The standard InChI is InChI=1S/C15H22N4O/c1-4-14(12-5-7-13(20-3)8-6-12)16-10-9-15-18-17-11-19(15)2/h5-8,11,14,16H,4,9-10H2,1-3H3. The third-order valence-electron chi connectivity index (χ3n) is 3.47. The van der Waals surface area contributed by atoms with E-state index in [1.165, 1.54) is 5.56 Å². The maximum Gasteiger partial charge on any atom is 0.133 e. The number of aromatic nitrogens is 3. The predicted molar refractivity (Wildman–Crippen MR) is 78.7 cm³/mol. The van der Waals surface area contributed by atoms with Crippen LogP contribution in [0.1, 0.15) is 30.8 Å². The number of aryl methyl sites for hydroxylation is 1. The van der Waals surface area contributed by atoms with E-state index >= 15 is 0 Å². The largest absolute Gasteiger partial charge is 0.497 e. The molecular formula is C15H22N4O. The highest BCUT2D eigenvalue weighted by atomic mass is 16.5. The Morgan fingerprint density at radius 3 is 2.60 bits per heavy atom. The molecule has 1 aromatic carbocycles. The Kier molecular flexibility index (Phi) is 5.12. The summed E-state index contributed by atoms with van der Waals surface area (Å²) >= 11 is 0. The van der Waals surface area contributed by atoms with Gasteiger partial charge in [0.15, 0.2) is 0 Å². The zero-order valence-electron chi connectivity index (χ0n) is 12.3. The fraction of sp³-hybridized carbons (Fsp3) is 0.467. The van der Waals surface area contributed by atoms with Crippen molar-refractivity contribution in [2.24, 2.45) is 7.05 Å². The number of nitrogens with one attached hydrogen (secondary N) is 1. The van der Waals surface area contributed by atoms with Crippen LogP contribution in [0, 0.1) is 0 Å². The highest BCUT2D eigenvalue weighted by molar-refractivity contribution is 5.29. The topological polar surface area (TPSA) is 52.0 Å². The van der Waals surface area contributed by atoms with Gasteiger partial charge in [-0.15, -0.1) is 10.2 Å². The lowest BCUT2D eigenvalue weighted by Gasteiger charge is -2.17. The number of benzene rings is 1. The molecule has 0 aliphatic heterocycles. The highest BCUT2D eigenvalue weighted by Crippen LogP contribution is 2.19. The van der Waals surface area contributed by atoms with Crippen molar-refractivity contribution in [2.75, 3.05) is 13.7 Å². The van der Waals surface area contributed by atoms with Crippen molar-refractivity contribution < 1.29 is 4.74 Å². The molecule has 5 nitrogen and oxygen atoms in total. The molecule has 1 N–H and O–H groups in total. The van der Waals surface area contributed by atoms with Crippen molar-refractivity contribution in [3.05, 3.63) is 42.0 Å². The molecule has 2 rings (SSSR count). The second kappa shape index (κ2) is 7.05. The minimum atomic E-state index is 0.356. The molecule has 1 aromatic heterocycles. The third-order valence-corrected chi connectivity index (χ3v) is 3.47. The number of ether oxygens (including phenoxy) is 1. The normalized spacial score (nSPS) is 12.3. The molecule has 0 fully saturated rings. The molecule has 0 aliphatic carbocycles. The van der Waals surface area contributed by atoms with Gasteiger partial charge in [-0.25, -0.2) is 0 Å². The van der Waals surface area contributed by atoms with E-state index in [1.54, 1.807) is 13.4 Å². The van der Waals surface area contributed by atoms with E-state index in [-0.39, 0.29) is 0 Å². The van der Waals surface area contributed by atoms with Crippen molar-refractivity contribution in [1.82, 2.24) is 20.1 Å². The lowest BCUT2D eigenvalue weighted by molar-refractivity contribution is 0.414. The average molecular weight is 274 g/mol. The zero-order chi connectivity index (χ0) is 14.4. The van der Waals surface area contributed by atoms with Gasteiger partial charge in [-0.3, -0.25) is 0 Å². The van der Waals surface area contributed by atoms with E-state index in [1.807, 2.05) is 23.7 Å². The first kappa shape index (κ1) is 14.5. The van der Waals surface area contributed by atoms with E-state index in [0.29, 0.717) is 6.04 Å². The molecule has 0 amide bonds. The summed E-state index contributed by atoms with van der Waals surface area (Å²) in [7, 11) is 3.65. The molecule has 2 aromatic rings. The smallest absolute Gasteiger partial charge is 0.133 e. The maximum atomic E-state index is 5.19. The van der Waals surface area contributed by atoms with Crippen molar-refractivity contribution in [3.63, 3.8) is 0 Å². The molecule has 0 radical (unpaired) electrons. The predicted octanol–water partition coefficient (Wildman–Crippen LogP) is 2.11. The van der Waals surface area contributed by atoms with Gasteiger partial charge in [-0.2, -0.15) is 0 Å². The van der Waals surface area contributed by atoms with Gasteiger partial charge in [0.1, 0.15) is 17.9 Å². The highest BCUT2D eigenvalue weighted by Gasteiger charge is 2.09. The van der Waals surface area contributed by atoms with Gasteiger partial charge in [0.25, 0.3) is 0 Å². The van der Waals surface area contributed by atoms with Gasteiger partial charge in [0.05, 0.1) is 7.11 Å². The van der Waals surface area contributed by atoms with Crippen LogP contribution in [0.4, 0.5) is 0 Å². The second-order valence-corrected chi connectivity index (χ2v) is 4.80. The number of methoxy groups -OCH3 is 1. The zero-order valence-corrected chi connectivity index (χ0v) is 12.3. The van der Waals surface area contributed by atoms with Gasteiger partial charge >= 0.3 is 0 Å². The van der Waals surface area contributed by atoms with E-state index in [2.05, 4.69) is 34.6 Å². The van der Waals surface area contributed by atoms with Crippen LogP contribution in [0.2, 0.25) is 0 Å².